The molecule has 0 bridgehead atoms. The highest BCUT2D eigenvalue weighted by molar-refractivity contribution is 6.99. The summed E-state index contributed by atoms with van der Waals surface area (Å²) in [4.78, 5) is 0. The van der Waals surface area contributed by atoms with Crippen molar-refractivity contribution in [3.05, 3.63) is 239 Å². The minimum atomic E-state index is -2.90. The number of hydrogen-bond acceptors (Lipinski definition) is 15. The summed E-state index contributed by atoms with van der Waals surface area (Å²) in [7, 11) is -2.90. The van der Waals surface area contributed by atoms with E-state index in [-0.39, 0.29) is 50.6 Å². The Morgan fingerprint density at radius 2 is 0.416 bits per heavy atom. The third-order valence-electron chi connectivity index (χ3n) is 28.3. The Morgan fingerprint density at radius 1 is 0.208 bits per heavy atom. The smallest absolute Gasteiger partial charge is 0.261 e. The van der Waals surface area contributed by atoms with E-state index in [1.807, 2.05) is 12.1 Å². The van der Waals surface area contributed by atoms with Gasteiger partial charge in [0.25, 0.3) is 8.32 Å². The largest absolute Gasteiger partial charge is 0.493 e. The summed E-state index contributed by atoms with van der Waals surface area (Å²) in [6, 6.07) is 68.2. The number of unbranched alkanes of at least 4 members (excludes halogenated alkanes) is 40. The van der Waals surface area contributed by atoms with Crippen molar-refractivity contribution >= 4 is 18.7 Å². The van der Waals surface area contributed by atoms with E-state index in [0.717, 1.165) is 193 Å². The molecule has 0 saturated heterocycles. The fraction of sp³-hybridized carbons (Fsp3) is 0.594. The number of benzene rings is 9. The molecule has 0 aromatic heterocycles. The third kappa shape index (κ3) is 50.4. The van der Waals surface area contributed by atoms with Crippen LogP contribution in [0.2, 0.25) is 5.04 Å². The normalized spacial score (nSPS) is 12.0. The van der Waals surface area contributed by atoms with Crippen LogP contribution in [0.15, 0.2) is 194 Å². The van der Waals surface area contributed by atoms with Gasteiger partial charge in [0.15, 0.2) is 0 Å². The highest BCUT2D eigenvalue weighted by atomic mass is 28.4. The van der Waals surface area contributed by atoms with Gasteiger partial charge < -0.3 is 70.7 Å². The van der Waals surface area contributed by atoms with Crippen molar-refractivity contribution in [2.45, 2.75) is 455 Å². The van der Waals surface area contributed by atoms with Crippen LogP contribution in [0.4, 0.5) is 0 Å². The highest BCUT2D eigenvalue weighted by Gasteiger charge is 2.50. The molecule has 149 heavy (non-hydrogen) atoms. The Kier molecular flexibility index (Phi) is 63.0. The van der Waals surface area contributed by atoms with Crippen LogP contribution in [0.25, 0.3) is 0 Å². The maximum absolute atomic E-state index is 7.60. The molecule has 9 rings (SSSR count). The second kappa shape index (κ2) is 76.2. The number of rotatable bonds is 90. The lowest BCUT2D eigenvalue weighted by Crippen LogP contribution is -2.66. The van der Waals surface area contributed by atoms with E-state index in [0.29, 0.717) is 89.1 Å². The molecular weight excluding hydrogens is 1870 g/mol. The van der Waals surface area contributed by atoms with Gasteiger partial charge in [-0.05, 0) is 191 Å². The lowest BCUT2D eigenvalue weighted by Gasteiger charge is -2.43. The van der Waals surface area contributed by atoms with E-state index in [9.17, 15) is 0 Å². The average Bonchev–Trinajstić information content (AvgIpc) is 0.744. The molecule has 0 fully saturated rings. The molecule has 16 heteroatoms. The third-order valence-corrected chi connectivity index (χ3v) is 33.3. The number of ether oxygens (including phenoxy) is 14. The molecular formula is C133H198O15Si. The van der Waals surface area contributed by atoms with Gasteiger partial charge in [0, 0.05) is 42.3 Å². The van der Waals surface area contributed by atoms with Gasteiger partial charge in [0.2, 0.25) is 0 Å². The fourth-order valence-electron chi connectivity index (χ4n) is 19.5. The van der Waals surface area contributed by atoms with Gasteiger partial charge in [-0.3, -0.25) is 0 Å². The first-order valence-electron chi connectivity index (χ1n) is 59.5. The predicted molar refractivity (Wildman–Crippen MR) is 622 cm³/mol. The van der Waals surface area contributed by atoms with Crippen LogP contribution in [-0.4, -0.2) is 73.9 Å². The van der Waals surface area contributed by atoms with Crippen molar-refractivity contribution in [3.8, 4) is 69.0 Å². The fourth-order valence-corrected chi connectivity index (χ4v) is 24.0. The van der Waals surface area contributed by atoms with Gasteiger partial charge in [-0.25, -0.2) is 0 Å². The molecule has 0 aliphatic rings. The first-order chi connectivity index (χ1) is 73.1. The molecule has 0 heterocycles. The predicted octanol–water partition coefficient (Wildman–Crippen LogP) is 36.9. The number of hydrogen-bond donors (Lipinski definition) is 0. The summed E-state index contributed by atoms with van der Waals surface area (Å²) in [6.45, 7) is 34.7. The van der Waals surface area contributed by atoms with E-state index in [4.69, 9.17) is 70.7 Å². The summed E-state index contributed by atoms with van der Waals surface area (Å²) in [5, 5.41) is 2.27. The monoisotopic (exact) mass is 2060 g/mol. The van der Waals surface area contributed by atoms with Crippen molar-refractivity contribution in [1.82, 2.24) is 0 Å². The van der Waals surface area contributed by atoms with Gasteiger partial charge in [-0.15, -0.1) is 0 Å². The Hall–Kier alpha value is -9.32. The molecule has 0 aliphatic carbocycles. The molecule has 0 N–H and O–H groups in total. The van der Waals surface area contributed by atoms with Crippen molar-refractivity contribution in [2.24, 2.45) is 0 Å². The van der Waals surface area contributed by atoms with Crippen LogP contribution < -0.4 is 67.2 Å². The summed E-state index contributed by atoms with van der Waals surface area (Å²) >= 11 is 0. The second-order valence-corrected chi connectivity index (χ2v) is 47.1. The topological polar surface area (TPSA) is 138 Å². The van der Waals surface area contributed by atoms with Crippen LogP contribution in [0.5, 0.6) is 69.0 Å². The van der Waals surface area contributed by atoms with Gasteiger partial charge in [-0.2, -0.15) is 0 Å². The van der Waals surface area contributed by atoms with Crippen LogP contribution in [-0.2, 0) is 60.1 Å². The summed E-state index contributed by atoms with van der Waals surface area (Å²) < 4.78 is 103. The van der Waals surface area contributed by atoms with E-state index < -0.39 is 14.4 Å². The molecule has 0 amide bonds. The molecule has 2 atom stereocenters. The summed E-state index contributed by atoms with van der Waals surface area (Å²) in [6.07, 6.45) is 56.4. The molecule has 824 valence electrons. The van der Waals surface area contributed by atoms with Crippen LogP contribution >= 0.6 is 0 Å². The standard InChI is InChI=1S/C133H198O15Si/c1-13-21-29-37-45-59-75-135-118-85-113(86-119(95-118)136-76-60-46-38-30-22-14-2)103-144-126-83-111(84-127(99-126)145-104-114-87-120(137-77-61-47-39-31-23-15-3)96-121(88-114)138-78-62-48-40-32-24-16-4)101-134-108-132(117-73-71-110(72-74-117)107-148-149(133(10,11)12,130-67-55-53-56-68-130)131-69-57-54-58-70-131)109(9)143-102-112-93-128(146-105-115-89-122(139-79-63-49-41-33-25-17-5)97-123(90-115)140-80-64-50-42-34-26-18-6)100-129(94-112)147-106-116-91-124(141-81-65-51-43-35-27-19-7)98-125(92-116)142-82-66-52-44-36-28-20-8/h53-58,67-74,83-100,109,132H,13-52,59-66,75-82,101-108H2,1-12H3/t109-,132+/m1/s1. The summed E-state index contributed by atoms with van der Waals surface area (Å²) in [5.74, 6) is 8.61. The van der Waals surface area contributed by atoms with Crippen molar-refractivity contribution < 1.29 is 70.7 Å². The minimum absolute atomic E-state index is 0.207. The SMILES string of the molecule is CCCCCCCCOc1cc(COc2cc(COC[C@H](c3ccc(CO[Si](c4ccccc4)(c4ccccc4)C(C)(C)C)cc3)[C@@H](C)OCc3cc(OCc4cc(OCCCCCCCC)cc(OCCCCCCCC)c4)cc(OCc4cc(OCCCCCCCC)cc(OCCCCCCCC)c4)c3)cc(OCc3cc(OCCCCCCCC)cc(OCCCCCCCC)c3)c2)cc(OCCCCCCCC)c1. The lowest BCUT2D eigenvalue weighted by atomic mass is 9.94. The van der Waals surface area contributed by atoms with E-state index in [1.165, 1.54) is 216 Å². The minimum Gasteiger partial charge on any atom is -0.493 e. The van der Waals surface area contributed by atoms with Gasteiger partial charge in [0.1, 0.15) is 95.4 Å². The average molecular weight is 2070 g/mol. The molecule has 0 radical (unpaired) electrons. The Balaban J connectivity index is 1.07. The zero-order valence-corrected chi connectivity index (χ0v) is 96.0. The first kappa shape index (κ1) is 123. The maximum atomic E-state index is 7.60. The van der Waals surface area contributed by atoms with E-state index in [2.05, 4.69) is 265 Å². The van der Waals surface area contributed by atoms with E-state index >= 15 is 0 Å². The van der Waals surface area contributed by atoms with Crippen LogP contribution in [0.3, 0.4) is 0 Å². The molecule has 9 aromatic rings. The van der Waals surface area contributed by atoms with E-state index in [1.54, 1.807) is 0 Å². The summed E-state index contributed by atoms with van der Waals surface area (Å²) in [5.41, 5.74) is 7.71. The molecule has 0 aliphatic heterocycles. The first-order valence-corrected chi connectivity index (χ1v) is 61.4. The maximum Gasteiger partial charge on any atom is 0.261 e. The molecule has 9 aromatic carbocycles. The van der Waals surface area contributed by atoms with Crippen molar-refractivity contribution in [3.63, 3.8) is 0 Å². The zero-order chi connectivity index (χ0) is 105. The highest BCUT2D eigenvalue weighted by Crippen LogP contribution is 2.40. The van der Waals surface area contributed by atoms with Crippen molar-refractivity contribution in [2.75, 3.05) is 59.5 Å². The Morgan fingerprint density at radius 3 is 0.644 bits per heavy atom. The van der Waals surface area contributed by atoms with Crippen LogP contribution in [0.1, 0.15) is 442 Å². The molecule has 0 saturated carbocycles. The van der Waals surface area contributed by atoms with Crippen molar-refractivity contribution in [1.29, 1.82) is 0 Å². The lowest BCUT2D eigenvalue weighted by molar-refractivity contribution is 0.00141. The quantitative estimate of drug-likeness (QED) is 0.0264. The van der Waals surface area contributed by atoms with Gasteiger partial charge >= 0.3 is 0 Å². The van der Waals surface area contributed by atoms with Crippen LogP contribution in [0, 0.1) is 0 Å². The Bertz CT molecular complexity index is 4500. The van der Waals surface area contributed by atoms with Gasteiger partial charge in [-0.1, -0.05) is 418 Å². The Labute approximate surface area is 905 Å². The molecule has 15 nitrogen and oxygen atoms in total. The zero-order valence-electron chi connectivity index (χ0n) is 95.0. The second-order valence-electron chi connectivity index (χ2n) is 42.8. The molecule has 0 unspecified atom stereocenters. The van der Waals surface area contributed by atoms with Gasteiger partial charge in [0.05, 0.1) is 85.4 Å². The molecule has 0 spiro atoms.